The lowest BCUT2D eigenvalue weighted by Crippen LogP contribution is -2.41. The molecule has 0 radical (unpaired) electrons. The number of halogens is 1. The molecule has 0 saturated carbocycles. The zero-order valence-corrected chi connectivity index (χ0v) is 17.3. The second kappa shape index (κ2) is 11.5. The molecule has 1 aliphatic heterocycles. The van der Waals surface area contributed by atoms with Crippen molar-refractivity contribution in [2.24, 2.45) is 10.9 Å². The van der Waals surface area contributed by atoms with Crippen molar-refractivity contribution in [2.45, 2.75) is 46.1 Å². The summed E-state index contributed by atoms with van der Waals surface area (Å²) in [6, 6.07) is 0. The molecule has 132 valence electrons. The summed E-state index contributed by atoms with van der Waals surface area (Å²) in [5, 5.41) is 6.79. The summed E-state index contributed by atoms with van der Waals surface area (Å²) in [5.41, 5.74) is -0.215. The maximum absolute atomic E-state index is 5.42. The summed E-state index contributed by atoms with van der Waals surface area (Å²) in [7, 11) is 1.73. The molecule has 0 spiro atoms. The van der Waals surface area contributed by atoms with Gasteiger partial charge in [0.2, 0.25) is 0 Å². The Morgan fingerprint density at radius 2 is 2.05 bits per heavy atom. The summed E-state index contributed by atoms with van der Waals surface area (Å²) < 4.78 is 5.42. The molecule has 0 bridgehead atoms. The smallest absolute Gasteiger partial charge is 0.191 e. The van der Waals surface area contributed by atoms with Gasteiger partial charge in [-0.15, -0.1) is 24.0 Å². The van der Waals surface area contributed by atoms with Crippen LogP contribution < -0.4 is 10.6 Å². The van der Waals surface area contributed by atoms with E-state index in [0.29, 0.717) is 6.54 Å². The van der Waals surface area contributed by atoms with Crippen molar-refractivity contribution in [1.29, 1.82) is 0 Å². The van der Waals surface area contributed by atoms with E-state index in [2.05, 4.69) is 48.2 Å². The Kier molecular flexibility index (Phi) is 11.4. The third-order valence-electron chi connectivity index (χ3n) is 3.98. The Morgan fingerprint density at radius 3 is 2.64 bits per heavy atom. The Morgan fingerprint density at radius 1 is 1.32 bits per heavy atom. The SMILES string of the molecule is CCCN1CCC(CNC(=NCC(C)(C)OC)NCC)C1.I. The summed E-state index contributed by atoms with van der Waals surface area (Å²) >= 11 is 0. The van der Waals surface area contributed by atoms with Gasteiger partial charge in [-0.1, -0.05) is 6.92 Å². The summed E-state index contributed by atoms with van der Waals surface area (Å²) in [5.74, 6) is 1.63. The molecule has 2 N–H and O–H groups in total. The van der Waals surface area contributed by atoms with Crippen molar-refractivity contribution in [3.8, 4) is 0 Å². The fourth-order valence-corrected chi connectivity index (χ4v) is 2.52. The zero-order chi connectivity index (χ0) is 15.7. The highest BCUT2D eigenvalue weighted by atomic mass is 127. The van der Waals surface area contributed by atoms with Crippen LogP contribution in [0.25, 0.3) is 0 Å². The van der Waals surface area contributed by atoms with Crippen molar-refractivity contribution in [2.75, 3.05) is 46.4 Å². The van der Waals surface area contributed by atoms with Gasteiger partial charge in [0.25, 0.3) is 0 Å². The predicted molar refractivity (Wildman–Crippen MR) is 105 cm³/mol. The molecule has 6 heteroatoms. The van der Waals surface area contributed by atoms with E-state index in [4.69, 9.17) is 4.74 Å². The molecule has 0 amide bonds. The van der Waals surface area contributed by atoms with E-state index in [1.807, 2.05) is 0 Å². The molecule has 1 atom stereocenters. The van der Waals surface area contributed by atoms with Crippen molar-refractivity contribution in [3.63, 3.8) is 0 Å². The second-order valence-electron chi connectivity index (χ2n) is 6.50. The summed E-state index contributed by atoms with van der Waals surface area (Å²) in [4.78, 5) is 7.19. The first kappa shape index (κ1) is 21.9. The monoisotopic (exact) mass is 426 g/mol. The highest BCUT2D eigenvalue weighted by molar-refractivity contribution is 14.0. The molecule has 1 rings (SSSR count). The number of methoxy groups -OCH3 is 1. The Balaban J connectivity index is 0.00000441. The predicted octanol–water partition coefficient (Wildman–Crippen LogP) is 2.32. The Hall–Kier alpha value is -0.0800. The maximum Gasteiger partial charge on any atom is 0.191 e. The minimum absolute atomic E-state index is 0. The minimum Gasteiger partial charge on any atom is -0.377 e. The van der Waals surface area contributed by atoms with Crippen LogP contribution in [-0.4, -0.2) is 62.8 Å². The molecule has 0 aromatic heterocycles. The number of hydrogen-bond donors (Lipinski definition) is 2. The molecule has 1 unspecified atom stereocenters. The lowest BCUT2D eigenvalue weighted by molar-refractivity contribution is 0.0310. The third kappa shape index (κ3) is 8.53. The van der Waals surface area contributed by atoms with E-state index >= 15 is 0 Å². The van der Waals surface area contributed by atoms with E-state index in [1.165, 1.54) is 32.5 Å². The number of rotatable bonds is 8. The number of ether oxygens (including phenoxy) is 1. The summed E-state index contributed by atoms with van der Waals surface area (Å²) in [6.07, 6.45) is 2.53. The van der Waals surface area contributed by atoms with Crippen LogP contribution in [0.2, 0.25) is 0 Å². The van der Waals surface area contributed by atoms with Gasteiger partial charge in [-0.25, -0.2) is 0 Å². The third-order valence-corrected chi connectivity index (χ3v) is 3.98. The molecule has 1 aliphatic rings. The van der Waals surface area contributed by atoms with Crippen molar-refractivity contribution in [3.05, 3.63) is 0 Å². The van der Waals surface area contributed by atoms with Gasteiger partial charge in [-0.05, 0) is 52.6 Å². The van der Waals surface area contributed by atoms with Crippen LogP contribution in [0.1, 0.15) is 40.5 Å². The van der Waals surface area contributed by atoms with Crippen molar-refractivity contribution in [1.82, 2.24) is 15.5 Å². The molecule has 5 nitrogen and oxygen atoms in total. The highest BCUT2D eigenvalue weighted by Gasteiger charge is 2.22. The van der Waals surface area contributed by atoms with Gasteiger partial charge < -0.3 is 20.3 Å². The molecular formula is C16H35IN4O. The van der Waals surface area contributed by atoms with Crippen LogP contribution >= 0.6 is 24.0 Å². The van der Waals surface area contributed by atoms with Gasteiger partial charge in [0.15, 0.2) is 5.96 Å². The fourth-order valence-electron chi connectivity index (χ4n) is 2.52. The zero-order valence-electron chi connectivity index (χ0n) is 14.9. The van der Waals surface area contributed by atoms with Crippen molar-refractivity contribution < 1.29 is 4.74 Å². The first-order chi connectivity index (χ1) is 10.0. The first-order valence-corrected chi connectivity index (χ1v) is 8.30. The van der Waals surface area contributed by atoms with Crippen LogP contribution in [0.3, 0.4) is 0 Å². The van der Waals surface area contributed by atoms with E-state index < -0.39 is 0 Å². The lowest BCUT2D eigenvalue weighted by Gasteiger charge is -2.22. The largest absolute Gasteiger partial charge is 0.377 e. The normalized spacial score (nSPS) is 19.9. The standard InChI is InChI=1S/C16H34N4O.HI/c1-6-9-20-10-8-14(12-20)11-18-15(17-7-2)19-13-16(3,4)21-5;/h14H,6-13H2,1-5H3,(H2,17,18,19);1H. The molecule has 1 heterocycles. The fraction of sp³-hybridized carbons (Fsp3) is 0.938. The molecule has 1 fully saturated rings. The molecule has 0 aromatic rings. The lowest BCUT2D eigenvalue weighted by atomic mass is 10.1. The van der Waals surface area contributed by atoms with Crippen LogP contribution in [0.5, 0.6) is 0 Å². The number of nitrogens with one attached hydrogen (secondary N) is 2. The number of likely N-dealkylation sites (tertiary alicyclic amines) is 1. The van der Waals surface area contributed by atoms with E-state index in [9.17, 15) is 0 Å². The van der Waals surface area contributed by atoms with Gasteiger partial charge in [-0.2, -0.15) is 0 Å². The number of hydrogen-bond acceptors (Lipinski definition) is 3. The molecular weight excluding hydrogens is 391 g/mol. The second-order valence-corrected chi connectivity index (χ2v) is 6.50. The van der Waals surface area contributed by atoms with Gasteiger partial charge in [-0.3, -0.25) is 4.99 Å². The van der Waals surface area contributed by atoms with Gasteiger partial charge >= 0.3 is 0 Å². The first-order valence-electron chi connectivity index (χ1n) is 8.30. The molecule has 1 saturated heterocycles. The van der Waals surface area contributed by atoms with Crippen LogP contribution in [0, 0.1) is 5.92 Å². The summed E-state index contributed by atoms with van der Waals surface area (Å²) in [6.45, 7) is 14.7. The van der Waals surface area contributed by atoms with E-state index in [0.717, 1.165) is 25.0 Å². The number of aliphatic imine (C=N–C) groups is 1. The maximum atomic E-state index is 5.42. The molecule has 0 aromatic carbocycles. The average Bonchev–Trinajstić information content (AvgIpc) is 2.90. The minimum atomic E-state index is -0.215. The highest BCUT2D eigenvalue weighted by Crippen LogP contribution is 2.15. The van der Waals surface area contributed by atoms with Gasteiger partial charge in [0.1, 0.15) is 0 Å². The molecule has 22 heavy (non-hydrogen) atoms. The van der Waals surface area contributed by atoms with E-state index in [1.54, 1.807) is 7.11 Å². The van der Waals surface area contributed by atoms with Crippen LogP contribution in [0.15, 0.2) is 4.99 Å². The van der Waals surface area contributed by atoms with Crippen molar-refractivity contribution >= 4 is 29.9 Å². The van der Waals surface area contributed by atoms with Crippen LogP contribution in [0.4, 0.5) is 0 Å². The number of nitrogens with zero attached hydrogens (tertiary/aromatic N) is 2. The quantitative estimate of drug-likeness (QED) is 0.355. The van der Waals surface area contributed by atoms with Gasteiger partial charge in [0, 0.05) is 26.7 Å². The number of guanidine groups is 1. The van der Waals surface area contributed by atoms with E-state index in [-0.39, 0.29) is 29.6 Å². The Labute approximate surface area is 153 Å². The molecule has 0 aliphatic carbocycles. The van der Waals surface area contributed by atoms with Gasteiger partial charge in [0.05, 0.1) is 12.1 Å². The Bertz CT molecular complexity index is 323. The van der Waals surface area contributed by atoms with Crippen LogP contribution in [-0.2, 0) is 4.74 Å². The topological polar surface area (TPSA) is 48.9 Å². The average molecular weight is 426 g/mol.